The van der Waals surface area contributed by atoms with E-state index in [9.17, 15) is 13.6 Å². The number of halogens is 2. The van der Waals surface area contributed by atoms with Crippen LogP contribution >= 0.6 is 0 Å². The monoisotopic (exact) mass is 409 g/mol. The second kappa shape index (κ2) is 7.01. The van der Waals surface area contributed by atoms with Gasteiger partial charge in [-0.05, 0) is 18.2 Å². The molecule has 9 heteroatoms. The van der Waals surface area contributed by atoms with Gasteiger partial charge in [-0.1, -0.05) is 18.2 Å². The number of fused-ring (bicyclic) bond motifs is 2. The van der Waals surface area contributed by atoms with Gasteiger partial charge < -0.3 is 14.6 Å². The Morgan fingerprint density at radius 1 is 1.17 bits per heavy atom. The highest BCUT2D eigenvalue weighted by molar-refractivity contribution is 6.02. The highest BCUT2D eigenvalue weighted by Crippen LogP contribution is 2.32. The van der Waals surface area contributed by atoms with Crippen molar-refractivity contribution < 1.29 is 18.3 Å². The molecule has 30 heavy (non-hydrogen) atoms. The van der Waals surface area contributed by atoms with E-state index < -0.39 is 24.4 Å². The van der Waals surface area contributed by atoms with E-state index in [-0.39, 0.29) is 24.7 Å². The number of amides is 1. The molecule has 0 radical (unpaired) electrons. The van der Waals surface area contributed by atoms with Gasteiger partial charge in [-0.25, -0.2) is 23.7 Å². The minimum atomic E-state index is -3.09. The van der Waals surface area contributed by atoms with Crippen molar-refractivity contribution in [1.29, 1.82) is 0 Å². The van der Waals surface area contributed by atoms with Crippen LogP contribution in [0.3, 0.4) is 0 Å². The number of ether oxygens (including phenoxy) is 1. The summed E-state index contributed by atoms with van der Waals surface area (Å²) >= 11 is 0. The Labute approximate surface area is 169 Å². The lowest BCUT2D eigenvalue weighted by atomic mass is 10.0. The molecule has 7 nitrogen and oxygen atoms in total. The highest BCUT2D eigenvalue weighted by Gasteiger charge is 2.47. The first-order chi connectivity index (χ1) is 14.5. The van der Waals surface area contributed by atoms with Crippen molar-refractivity contribution in [3.8, 4) is 5.88 Å². The maximum absolute atomic E-state index is 14.6. The van der Waals surface area contributed by atoms with E-state index in [4.69, 9.17) is 4.74 Å². The topological polar surface area (TPSA) is 84.0 Å². The van der Waals surface area contributed by atoms with Gasteiger partial charge in [-0.3, -0.25) is 4.79 Å². The van der Waals surface area contributed by atoms with E-state index in [0.717, 1.165) is 5.39 Å². The molecule has 0 saturated carbocycles. The maximum atomic E-state index is 14.6. The summed E-state index contributed by atoms with van der Waals surface area (Å²) in [5.41, 5.74) is 1.84. The van der Waals surface area contributed by atoms with Gasteiger partial charge in [0.15, 0.2) is 11.8 Å². The highest BCUT2D eigenvalue weighted by atomic mass is 19.3. The van der Waals surface area contributed by atoms with Gasteiger partial charge >= 0.3 is 0 Å². The van der Waals surface area contributed by atoms with E-state index in [1.165, 1.54) is 17.4 Å². The fourth-order valence-electron chi connectivity index (χ4n) is 3.61. The summed E-state index contributed by atoms with van der Waals surface area (Å²) < 4.78 is 34.7. The fraction of sp³-hybridized carbons (Fsp3) is 0.238. The van der Waals surface area contributed by atoms with Gasteiger partial charge in [0.25, 0.3) is 11.8 Å². The van der Waals surface area contributed by atoms with Crippen molar-refractivity contribution in [3.63, 3.8) is 0 Å². The molecule has 1 amide bonds. The number of aromatic nitrogens is 4. The quantitative estimate of drug-likeness (QED) is 0.560. The number of rotatable bonds is 3. The number of carbonyl (C=O) groups excluding carboxylic acids is 1. The molecule has 1 saturated heterocycles. The third-order valence-corrected chi connectivity index (χ3v) is 5.24. The first kappa shape index (κ1) is 18.4. The molecule has 0 spiro atoms. The molecule has 3 aromatic heterocycles. The number of imidazole rings is 1. The van der Waals surface area contributed by atoms with Crippen LogP contribution in [-0.2, 0) is 0 Å². The number of nitrogens with one attached hydrogen (secondary N) is 1. The molecule has 1 aliphatic rings. The Morgan fingerprint density at radius 2 is 2.03 bits per heavy atom. The zero-order chi connectivity index (χ0) is 20.7. The van der Waals surface area contributed by atoms with E-state index >= 15 is 0 Å². The predicted molar refractivity (Wildman–Crippen MR) is 106 cm³/mol. The third kappa shape index (κ3) is 3.22. The number of H-pyrrole nitrogens is 1. The molecule has 0 bridgehead atoms. The molecule has 5 rings (SSSR count). The number of nitrogens with zero attached hydrogens (tertiary/aromatic N) is 4. The number of pyridine rings is 2. The SMILES string of the molecule is O=C(c1nccc2[nH]cnc12)N1CCC(F)(F)C(Oc2ccc3ccccc3n2)C1. The fourth-order valence-corrected chi connectivity index (χ4v) is 3.61. The van der Waals surface area contributed by atoms with Crippen molar-refractivity contribution in [3.05, 3.63) is 60.7 Å². The molecule has 0 aliphatic carbocycles. The van der Waals surface area contributed by atoms with E-state index in [0.29, 0.717) is 16.6 Å². The second-order valence-electron chi connectivity index (χ2n) is 7.17. The van der Waals surface area contributed by atoms with Crippen molar-refractivity contribution in [2.45, 2.75) is 18.4 Å². The smallest absolute Gasteiger partial charge is 0.287 e. The van der Waals surface area contributed by atoms with Crippen LogP contribution in [0, 0.1) is 0 Å². The van der Waals surface area contributed by atoms with Gasteiger partial charge in [-0.15, -0.1) is 0 Å². The Morgan fingerprint density at radius 3 is 2.93 bits per heavy atom. The van der Waals surface area contributed by atoms with Crippen LogP contribution in [0.4, 0.5) is 8.78 Å². The molecule has 152 valence electrons. The van der Waals surface area contributed by atoms with Gasteiger partial charge in [0.05, 0.1) is 23.9 Å². The van der Waals surface area contributed by atoms with Crippen molar-refractivity contribution in [2.75, 3.05) is 13.1 Å². The summed E-state index contributed by atoms with van der Waals surface area (Å²) in [4.78, 5) is 29.8. The molecule has 1 atom stereocenters. The second-order valence-corrected chi connectivity index (χ2v) is 7.17. The van der Waals surface area contributed by atoms with Crippen LogP contribution in [-0.4, -0.2) is 55.9 Å². The molecule has 1 unspecified atom stereocenters. The molecular formula is C21H17F2N5O2. The lowest BCUT2D eigenvalue weighted by Gasteiger charge is -2.37. The maximum Gasteiger partial charge on any atom is 0.287 e. The van der Waals surface area contributed by atoms with Crippen LogP contribution in [0.2, 0.25) is 0 Å². The average molecular weight is 409 g/mol. The first-order valence-corrected chi connectivity index (χ1v) is 9.49. The van der Waals surface area contributed by atoms with Crippen LogP contribution in [0.1, 0.15) is 16.9 Å². The van der Waals surface area contributed by atoms with Gasteiger partial charge in [0.2, 0.25) is 5.88 Å². The Balaban J connectivity index is 1.40. The number of para-hydroxylation sites is 1. The zero-order valence-corrected chi connectivity index (χ0v) is 15.8. The lowest BCUT2D eigenvalue weighted by molar-refractivity contribution is -0.131. The number of alkyl halides is 2. The summed E-state index contributed by atoms with van der Waals surface area (Å²) in [6, 6.07) is 12.4. The molecule has 4 heterocycles. The normalized spacial score (nSPS) is 18.6. The van der Waals surface area contributed by atoms with Crippen molar-refractivity contribution in [1.82, 2.24) is 24.8 Å². The number of hydrogen-bond acceptors (Lipinski definition) is 5. The molecule has 1 aliphatic heterocycles. The summed E-state index contributed by atoms with van der Waals surface area (Å²) in [6.45, 7) is -0.373. The number of aromatic amines is 1. The van der Waals surface area contributed by atoms with Gasteiger partial charge in [-0.2, -0.15) is 0 Å². The summed E-state index contributed by atoms with van der Waals surface area (Å²) in [7, 11) is 0. The number of carbonyl (C=O) groups is 1. The van der Waals surface area contributed by atoms with Crippen LogP contribution < -0.4 is 4.74 Å². The van der Waals surface area contributed by atoms with E-state index in [1.807, 2.05) is 18.2 Å². The Kier molecular flexibility index (Phi) is 4.30. The third-order valence-electron chi connectivity index (χ3n) is 5.24. The average Bonchev–Trinajstić information content (AvgIpc) is 3.23. The molecule has 1 N–H and O–H groups in total. The van der Waals surface area contributed by atoms with Crippen molar-refractivity contribution >= 4 is 27.8 Å². The predicted octanol–water partition coefficient (Wildman–Crippen LogP) is 3.43. The van der Waals surface area contributed by atoms with E-state index in [1.54, 1.807) is 24.3 Å². The number of benzene rings is 1. The molecule has 4 aromatic rings. The molecule has 1 aromatic carbocycles. The number of hydrogen-bond donors (Lipinski definition) is 1. The zero-order valence-electron chi connectivity index (χ0n) is 15.8. The summed E-state index contributed by atoms with van der Waals surface area (Å²) in [6.07, 6.45) is 0.930. The minimum absolute atomic E-state index is 0.0974. The van der Waals surface area contributed by atoms with Crippen LogP contribution in [0.25, 0.3) is 21.9 Å². The Bertz CT molecular complexity index is 1240. The number of likely N-dealkylation sites (tertiary alicyclic amines) is 1. The lowest BCUT2D eigenvalue weighted by Crippen LogP contribution is -2.55. The number of piperidine rings is 1. The Hall–Kier alpha value is -3.62. The first-order valence-electron chi connectivity index (χ1n) is 9.49. The van der Waals surface area contributed by atoms with Crippen molar-refractivity contribution in [2.24, 2.45) is 0 Å². The van der Waals surface area contributed by atoms with Crippen LogP contribution in [0.5, 0.6) is 5.88 Å². The van der Waals surface area contributed by atoms with E-state index in [2.05, 4.69) is 19.9 Å². The van der Waals surface area contributed by atoms with Crippen LogP contribution in [0.15, 0.2) is 55.0 Å². The van der Waals surface area contributed by atoms with Gasteiger partial charge in [0.1, 0.15) is 5.52 Å². The largest absolute Gasteiger partial charge is 0.466 e. The summed E-state index contributed by atoms with van der Waals surface area (Å²) in [5.74, 6) is -3.45. The molecule has 1 fully saturated rings. The standard InChI is InChI=1S/C21H17F2N5O2/c22-21(23)8-10-28(20(29)19-18-15(7-9-24-19)25-12-26-18)11-16(21)30-17-6-5-13-3-1-2-4-14(13)27-17/h1-7,9,12,16H,8,10-11H2,(H,25,26). The molecular weight excluding hydrogens is 392 g/mol. The summed E-state index contributed by atoms with van der Waals surface area (Å²) in [5, 5.41) is 0.884. The minimum Gasteiger partial charge on any atom is -0.466 e. The van der Waals surface area contributed by atoms with Gasteiger partial charge in [0, 0.05) is 30.6 Å².